The molecule has 0 radical (unpaired) electrons. The Balaban J connectivity index is 0.00000312. The summed E-state index contributed by atoms with van der Waals surface area (Å²) in [5.41, 5.74) is 0. The Morgan fingerprint density at radius 1 is 1.20 bits per heavy atom. The molecule has 0 bridgehead atoms. The van der Waals surface area contributed by atoms with Gasteiger partial charge < -0.3 is 20.4 Å². The Kier molecular flexibility index (Phi) is 10.7. The normalized spacial score (nSPS) is 20.9. The molecule has 0 aromatic heterocycles. The lowest BCUT2D eigenvalue weighted by Gasteiger charge is -2.34. The number of hydrogen-bond donors (Lipinski definition) is 2. The minimum atomic E-state index is 0. The smallest absolute Gasteiger partial charge is 0.220 e. The molecule has 6 nitrogen and oxygen atoms in total. The first-order valence-electron chi connectivity index (χ1n) is 9.51. The quantitative estimate of drug-likeness (QED) is 0.357. The number of carbonyl (C=O) groups excluding carboxylic acids is 1. The number of nitrogens with zero attached hydrogens (tertiary/aromatic N) is 3. The molecule has 1 atom stereocenters. The summed E-state index contributed by atoms with van der Waals surface area (Å²) in [4.78, 5) is 20.9. The molecule has 1 amide bonds. The van der Waals surface area contributed by atoms with Crippen molar-refractivity contribution in [2.24, 2.45) is 16.8 Å². The molecule has 2 N–H and O–H groups in total. The molecule has 2 saturated heterocycles. The summed E-state index contributed by atoms with van der Waals surface area (Å²) >= 11 is 0. The summed E-state index contributed by atoms with van der Waals surface area (Å²) < 4.78 is 0. The lowest BCUT2D eigenvalue weighted by molar-refractivity contribution is -0.121. The number of piperidine rings is 1. The Labute approximate surface area is 170 Å². The predicted octanol–water partition coefficient (Wildman–Crippen LogP) is 1.76. The highest BCUT2D eigenvalue weighted by molar-refractivity contribution is 14.0. The van der Waals surface area contributed by atoms with Crippen LogP contribution in [-0.4, -0.2) is 75.0 Å². The maximum absolute atomic E-state index is 11.5. The van der Waals surface area contributed by atoms with Crippen LogP contribution in [0.3, 0.4) is 0 Å². The van der Waals surface area contributed by atoms with Gasteiger partial charge in [-0.15, -0.1) is 24.0 Å². The number of likely N-dealkylation sites (tertiary alicyclic amines) is 2. The Morgan fingerprint density at radius 2 is 1.84 bits per heavy atom. The standard InChI is InChI=1S/C18H35N5O.HI/c1-15(14-22-8-4-5-9-22)13-21-18(20-3)23-10-6-16(7-11-23)12-17(24)19-2;/h15-16H,4-14H2,1-3H3,(H,19,24)(H,20,21);1H. The first kappa shape index (κ1) is 22.5. The summed E-state index contributed by atoms with van der Waals surface area (Å²) in [6, 6.07) is 0. The van der Waals surface area contributed by atoms with Gasteiger partial charge in [-0.3, -0.25) is 9.79 Å². The Hall–Kier alpha value is -0.570. The monoisotopic (exact) mass is 465 g/mol. The van der Waals surface area contributed by atoms with Crippen LogP contribution in [0.2, 0.25) is 0 Å². The fraction of sp³-hybridized carbons (Fsp3) is 0.889. The fourth-order valence-electron chi connectivity index (χ4n) is 3.78. The average molecular weight is 465 g/mol. The Bertz CT molecular complexity index is 418. The zero-order valence-corrected chi connectivity index (χ0v) is 18.4. The van der Waals surface area contributed by atoms with E-state index < -0.39 is 0 Å². The van der Waals surface area contributed by atoms with Crippen molar-refractivity contribution in [3.8, 4) is 0 Å². The third-order valence-corrected chi connectivity index (χ3v) is 5.26. The van der Waals surface area contributed by atoms with E-state index in [9.17, 15) is 4.79 Å². The van der Waals surface area contributed by atoms with Crippen LogP contribution in [0, 0.1) is 11.8 Å². The van der Waals surface area contributed by atoms with E-state index in [0.717, 1.165) is 38.4 Å². The number of carbonyl (C=O) groups is 1. The molecule has 0 aromatic carbocycles. The maximum Gasteiger partial charge on any atom is 0.220 e. The van der Waals surface area contributed by atoms with Gasteiger partial charge in [-0.2, -0.15) is 0 Å². The van der Waals surface area contributed by atoms with E-state index in [4.69, 9.17) is 0 Å². The van der Waals surface area contributed by atoms with E-state index in [1.54, 1.807) is 7.05 Å². The number of guanidine groups is 1. The molecular weight excluding hydrogens is 429 g/mol. The summed E-state index contributed by atoms with van der Waals surface area (Å²) in [6.45, 7) is 8.97. The van der Waals surface area contributed by atoms with Crippen molar-refractivity contribution < 1.29 is 4.79 Å². The van der Waals surface area contributed by atoms with Crippen LogP contribution in [0.4, 0.5) is 0 Å². The molecule has 2 fully saturated rings. The number of rotatable bonds is 6. The molecule has 0 spiro atoms. The van der Waals surface area contributed by atoms with Gasteiger partial charge in [0.1, 0.15) is 0 Å². The third kappa shape index (κ3) is 7.68. The molecule has 1 unspecified atom stereocenters. The van der Waals surface area contributed by atoms with Crippen molar-refractivity contribution in [2.45, 2.75) is 39.0 Å². The minimum Gasteiger partial charge on any atom is -0.359 e. The number of amides is 1. The highest BCUT2D eigenvalue weighted by Gasteiger charge is 2.23. The van der Waals surface area contributed by atoms with E-state index in [2.05, 4.69) is 32.3 Å². The van der Waals surface area contributed by atoms with Crippen molar-refractivity contribution in [1.82, 2.24) is 20.4 Å². The molecule has 0 saturated carbocycles. The molecule has 0 aromatic rings. The molecule has 0 aliphatic carbocycles. The van der Waals surface area contributed by atoms with Gasteiger partial charge >= 0.3 is 0 Å². The van der Waals surface area contributed by atoms with Gasteiger partial charge in [0.25, 0.3) is 0 Å². The molecular formula is C18H36IN5O. The highest BCUT2D eigenvalue weighted by atomic mass is 127. The summed E-state index contributed by atoms with van der Waals surface area (Å²) in [5, 5.41) is 6.28. The predicted molar refractivity (Wildman–Crippen MR) is 115 cm³/mol. The van der Waals surface area contributed by atoms with Crippen LogP contribution < -0.4 is 10.6 Å². The topological polar surface area (TPSA) is 60.0 Å². The second-order valence-corrected chi connectivity index (χ2v) is 7.35. The van der Waals surface area contributed by atoms with Gasteiger partial charge in [0, 0.05) is 46.7 Å². The van der Waals surface area contributed by atoms with E-state index >= 15 is 0 Å². The van der Waals surface area contributed by atoms with Crippen LogP contribution in [0.1, 0.15) is 39.0 Å². The van der Waals surface area contributed by atoms with Crippen LogP contribution in [0.15, 0.2) is 4.99 Å². The first-order valence-corrected chi connectivity index (χ1v) is 9.51. The minimum absolute atomic E-state index is 0. The van der Waals surface area contributed by atoms with Gasteiger partial charge in [0.15, 0.2) is 5.96 Å². The van der Waals surface area contributed by atoms with Gasteiger partial charge in [-0.1, -0.05) is 6.92 Å². The largest absolute Gasteiger partial charge is 0.359 e. The van der Waals surface area contributed by atoms with E-state index in [-0.39, 0.29) is 29.9 Å². The lowest BCUT2D eigenvalue weighted by Crippen LogP contribution is -2.47. The fourth-order valence-corrected chi connectivity index (χ4v) is 3.78. The zero-order chi connectivity index (χ0) is 17.4. The zero-order valence-electron chi connectivity index (χ0n) is 16.1. The highest BCUT2D eigenvalue weighted by Crippen LogP contribution is 2.20. The van der Waals surface area contributed by atoms with Crippen LogP contribution in [-0.2, 0) is 4.79 Å². The molecule has 25 heavy (non-hydrogen) atoms. The first-order chi connectivity index (χ1) is 11.6. The van der Waals surface area contributed by atoms with E-state index in [1.807, 2.05) is 7.05 Å². The molecule has 2 aliphatic rings. The summed E-state index contributed by atoms with van der Waals surface area (Å²) in [7, 11) is 3.58. The molecule has 146 valence electrons. The van der Waals surface area contributed by atoms with Crippen molar-refractivity contribution in [2.75, 3.05) is 53.4 Å². The lowest BCUT2D eigenvalue weighted by atomic mass is 9.93. The molecule has 2 heterocycles. The maximum atomic E-state index is 11.5. The SMILES string of the molecule is CN=C(NCC(C)CN1CCCC1)N1CCC(CC(=O)NC)CC1.I. The second kappa shape index (κ2) is 11.9. The van der Waals surface area contributed by atoms with Crippen LogP contribution in [0.5, 0.6) is 0 Å². The Morgan fingerprint density at radius 3 is 2.40 bits per heavy atom. The average Bonchev–Trinajstić information content (AvgIpc) is 3.09. The van der Waals surface area contributed by atoms with Crippen molar-refractivity contribution >= 4 is 35.8 Å². The number of aliphatic imine (C=N–C) groups is 1. The number of halogens is 1. The molecule has 2 aliphatic heterocycles. The molecule has 7 heteroatoms. The van der Waals surface area contributed by atoms with Gasteiger partial charge in [0.05, 0.1) is 0 Å². The summed E-state index contributed by atoms with van der Waals surface area (Å²) in [6.07, 6.45) is 5.50. The van der Waals surface area contributed by atoms with Crippen molar-refractivity contribution in [3.05, 3.63) is 0 Å². The number of nitrogens with one attached hydrogen (secondary N) is 2. The third-order valence-electron chi connectivity index (χ3n) is 5.26. The van der Waals surface area contributed by atoms with Crippen LogP contribution in [0.25, 0.3) is 0 Å². The van der Waals surface area contributed by atoms with Gasteiger partial charge in [-0.05, 0) is 50.6 Å². The van der Waals surface area contributed by atoms with Gasteiger partial charge in [0.2, 0.25) is 5.91 Å². The van der Waals surface area contributed by atoms with Crippen LogP contribution >= 0.6 is 24.0 Å². The molecule has 2 rings (SSSR count). The van der Waals surface area contributed by atoms with E-state index in [0.29, 0.717) is 18.3 Å². The van der Waals surface area contributed by atoms with Crippen molar-refractivity contribution in [3.63, 3.8) is 0 Å². The van der Waals surface area contributed by atoms with E-state index in [1.165, 1.54) is 32.5 Å². The van der Waals surface area contributed by atoms with Crippen molar-refractivity contribution in [1.29, 1.82) is 0 Å². The van der Waals surface area contributed by atoms with Gasteiger partial charge in [-0.25, -0.2) is 0 Å². The second-order valence-electron chi connectivity index (χ2n) is 7.35. The summed E-state index contributed by atoms with van der Waals surface area (Å²) in [5.74, 6) is 2.31. The number of hydrogen-bond acceptors (Lipinski definition) is 3.